The maximum atomic E-state index is 10.7. The van der Waals surface area contributed by atoms with Gasteiger partial charge in [-0.3, -0.25) is 15.1 Å². The van der Waals surface area contributed by atoms with E-state index in [2.05, 4.69) is 4.99 Å². The molecule has 0 aliphatic carbocycles. The zero-order valence-corrected chi connectivity index (χ0v) is 10.7. The minimum Gasteiger partial charge on any atom is -0.502 e. The summed E-state index contributed by atoms with van der Waals surface area (Å²) in [5.74, 6) is 0.237. The van der Waals surface area contributed by atoms with Crippen molar-refractivity contribution >= 4 is 17.6 Å². The highest BCUT2D eigenvalue weighted by Gasteiger charge is 2.12. The van der Waals surface area contributed by atoms with Crippen LogP contribution in [0.2, 0.25) is 0 Å². The third-order valence-electron chi connectivity index (χ3n) is 2.63. The predicted octanol–water partition coefficient (Wildman–Crippen LogP) is 3.06. The monoisotopic (exact) mass is 272 g/mol. The molecule has 0 amide bonds. The van der Waals surface area contributed by atoms with Crippen LogP contribution in [0.15, 0.2) is 47.5 Å². The van der Waals surface area contributed by atoms with Crippen LogP contribution >= 0.6 is 0 Å². The number of phenolic OH excluding ortho intramolecular Hbond substituents is 1. The molecule has 0 aromatic heterocycles. The normalized spacial score (nSPS) is 10.7. The summed E-state index contributed by atoms with van der Waals surface area (Å²) in [5, 5.41) is 20.1. The van der Waals surface area contributed by atoms with E-state index in [-0.39, 0.29) is 11.4 Å². The third-order valence-corrected chi connectivity index (χ3v) is 2.63. The average Bonchev–Trinajstić information content (AvgIpc) is 2.46. The summed E-state index contributed by atoms with van der Waals surface area (Å²) in [6.45, 7) is 0. The number of hydrogen-bond acceptors (Lipinski definition) is 5. The molecule has 0 heterocycles. The number of nitro benzene ring substituents is 1. The van der Waals surface area contributed by atoms with Gasteiger partial charge in [0, 0.05) is 12.3 Å². The molecule has 2 aromatic carbocycles. The highest BCUT2D eigenvalue weighted by Crippen LogP contribution is 2.28. The number of hydrogen-bond donors (Lipinski definition) is 1. The van der Waals surface area contributed by atoms with Gasteiger partial charge in [0.2, 0.25) is 0 Å². The summed E-state index contributed by atoms with van der Waals surface area (Å²) in [6, 6.07) is 11.2. The number of nitrogens with zero attached hydrogens (tertiary/aromatic N) is 2. The molecular weight excluding hydrogens is 260 g/mol. The number of methoxy groups -OCH3 is 1. The summed E-state index contributed by atoms with van der Waals surface area (Å²) in [7, 11) is 1.54. The van der Waals surface area contributed by atoms with Crippen molar-refractivity contribution in [2.24, 2.45) is 4.99 Å². The number of benzene rings is 2. The van der Waals surface area contributed by atoms with Crippen molar-refractivity contribution in [3.05, 3.63) is 58.1 Å². The fourth-order valence-electron chi connectivity index (χ4n) is 1.65. The van der Waals surface area contributed by atoms with E-state index in [1.165, 1.54) is 18.3 Å². The van der Waals surface area contributed by atoms with E-state index in [0.717, 1.165) is 0 Å². The minimum atomic E-state index is -0.643. The SMILES string of the molecule is COc1ccccc1N=Cc1ccc(O)c([N+](=O)[O-])c1. The molecule has 1 N–H and O–H groups in total. The van der Waals surface area contributed by atoms with Gasteiger partial charge in [-0.15, -0.1) is 0 Å². The molecule has 2 rings (SSSR count). The number of aliphatic imine (C=N–C) groups is 1. The number of rotatable bonds is 4. The molecule has 0 saturated carbocycles. The van der Waals surface area contributed by atoms with Crippen molar-refractivity contribution in [2.45, 2.75) is 0 Å². The third kappa shape index (κ3) is 2.92. The van der Waals surface area contributed by atoms with Crippen LogP contribution in [0.25, 0.3) is 0 Å². The molecule has 0 atom stereocenters. The van der Waals surface area contributed by atoms with Crippen molar-refractivity contribution in [3.63, 3.8) is 0 Å². The van der Waals surface area contributed by atoms with E-state index >= 15 is 0 Å². The molecule has 6 nitrogen and oxygen atoms in total. The van der Waals surface area contributed by atoms with Gasteiger partial charge in [0.25, 0.3) is 0 Å². The van der Waals surface area contributed by atoms with Crippen molar-refractivity contribution < 1.29 is 14.8 Å². The lowest BCUT2D eigenvalue weighted by molar-refractivity contribution is -0.385. The highest BCUT2D eigenvalue weighted by molar-refractivity contribution is 5.84. The first-order valence-corrected chi connectivity index (χ1v) is 5.76. The molecule has 0 bridgehead atoms. The molecule has 2 aromatic rings. The predicted molar refractivity (Wildman–Crippen MR) is 75.0 cm³/mol. The first-order valence-electron chi connectivity index (χ1n) is 5.76. The smallest absolute Gasteiger partial charge is 0.311 e. The van der Waals surface area contributed by atoms with Gasteiger partial charge in [0.1, 0.15) is 11.4 Å². The standard InChI is InChI=1S/C14H12N2O4/c1-20-14-5-3-2-4-11(14)15-9-10-6-7-13(17)12(8-10)16(18)19/h2-9,17H,1H3. The number of para-hydroxylation sites is 2. The maximum absolute atomic E-state index is 10.7. The van der Waals surface area contributed by atoms with Gasteiger partial charge in [-0.25, -0.2) is 0 Å². The molecule has 20 heavy (non-hydrogen) atoms. The lowest BCUT2D eigenvalue weighted by atomic mass is 10.2. The van der Waals surface area contributed by atoms with E-state index in [9.17, 15) is 15.2 Å². The van der Waals surface area contributed by atoms with Crippen LogP contribution in [0.5, 0.6) is 11.5 Å². The van der Waals surface area contributed by atoms with Gasteiger partial charge in [0.15, 0.2) is 5.75 Å². The van der Waals surface area contributed by atoms with Gasteiger partial charge in [-0.1, -0.05) is 12.1 Å². The molecular formula is C14H12N2O4. The first kappa shape index (κ1) is 13.5. The molecule has 0 saturated heterocycles. The van der Waals surface area contributed by atoms with Gasteiger partial charge in [0.05, 0.1) is 12.0 Å². The Hall–Kier alpha value is -2.89. The second-order valence-corrected chi connectivity index (χ2v) is 3.94. The molecule has 102 valence electrons. The molecule has 0 aliphatic heterocycles. The van der Waals surface area contributed by atoms with Crippen LogP contribution in [0.3, 0.4) is 0 Å². The van der Waals surface area contributed by atoms with Crippen LogP contribution in [-0.2, 0) is 0 Å². The number of nitro groups is 1. The van der Waals surface area contributed by atoms with Crippen LogP contribution in [0.4, 0.5) is 11.4 Å². The second kappa shape index (κ2) is 5.83. The van der Waals surface area contributed by atoms with E-state index < -0.39 is 4.92 Å². The first-order chi connectivity index (χ1) is 9.61. The zero-order valence-electron chi connectivity index (χ0n) is 10.7. The van der Waals surface area contributed by atoms with Crippen molar-refractivity contribution in [3.8, 4) is 11.5 Å². The highest BCUT2D eigenvalue weighted by atomic mass is 16.6. The van der Waals surface area contributed by atoms with Crippen molar-refractivity contribution in [1.29, 1.82) is 0 Å². The van der Waals surface area contributed by atoms with Crippen molar-refractivity contribution in [2.75, 3.05) is 7.11 Å². The molecule has 0 spiro atoms. The summed E-state index contributed by atoms with van der Waals surface area (Å²) in [6.07, 6.45) is 1.48. The molecule has 0 unspecified atom stereocenters. The number of aromatic hydroxyl groups is 1. The van der Waals surface area contributed by atoms with Gasteiger partial charge in [-0.05, 0) is 29.8 Å². The minimum absolute atomic E-state index is 0.353. The van der Waals surface area contributed by atoms with Gasteiger partial charge in [-0.2, -0.15) is 0 Å². The van der Waals surface area contributed by atoms with E-state index in [1.807, 2.05) is 12.1 Å². The second-order valence-electron chi connectivity index (χ2n) is 3.94. The fraction of sp³-hybridized carbons (Fsp3) is 0.0714. The summed E-state index contributed by atoms with van der Waals surface area (Å²) >= 11 is 0. The quantitative estimate of drug-likeness (QED) is 0.526. The number of ether oxygens (including phenoxy) is 1. The summed E-state index contributed by atoms with van der Waals surface area (Å²) in [4.78, 5) is 14.3. The van der Waals surface area contributed by atoms with Crippen LogP contribution in [0, 0.1) is 10.1 Å². The van der Waals surface area contributed by atoms with Crippen LogP contribution in [0.1, 0.15) is 5.56 Å². The number of phenols is 1. The van der Waals surface area contributed by atoms with Crippen molar-refractivity contribution in [1.82, 2.24) is 0 Å². The Kier molecular flexibility index (Phi) is 3.95. The Morgan fingerprint density at radius 1 is 1.30 bits per heavy atom. The lowest BCUT2D eigenvalue weighted by Crippen LogP contribution is -1.91. The molecule has 0 radical (unpaired) electrons. The largest absolute Gasteiger partial charge is 0.502 e. The van der Waals surface area contributed by atoms with Crippen LogP contribution in [-0.4, -0.2) is 23.4 Å². The zero-order chi connectivity index (χ0) is 14.5. The van der Waals surface area contributed by atoms with E-state index in [4.69, 9.17) is 4.74 Å². The average molecular weight is 272 g/mol. The molecule has 0 aliphatic rings. The Morgan fingerprint density at radius 2 is 2.05 bits per heavy atom. The summed E-state index contributed by atoms with van der Waals surface area (Å²) in [5.41, 5.74) is 0.778. The lowest BCUT2D eigenvalue weighted by Gasteiger charge is -2.02. The summed E-state index contributed by atoms with van der Waals surface area (Å²) < 4.78 is 5.15. The van der Waals surface area contributed by atoms with Gasteiger partial charge >= 0.3 is 5.69 Å². The fourth-order valence-corrected chi connectivity index (χ4v) is 1.65. The molecule has 6 heteroatoms. The van der Waals surface area contributed by atoms with Crippen LogP contribution < -0.4 is 4.74 Å². The Bertz CT molecular complexity index is 668. The Morgan fingerprint density at radius 3 is 2.75 bits per heavy atom. The Labute approximate surface area is 115 Å². The molecule has 0 fully saturated rings. The maximum Gasteiger partial charge on any atom is 0.311 e. The van der Waals surface area contributed by atoms with E-state index in [1.54, 1.807) is 25.3 Å². The van der Waals surface area contributed by atoms with E-state index in [0.29, 0.717) is 17.0 Å². The van der Waals surface area contributed by atoms with Gasteiger partial charge < -0.3 is 9.84 Å². The Balaban J connectivity index is 2.32. The topological polar surface area (TPSA) is 85.0 Å².